The summed E-state index contributed by atoms with van der Waals surface area (Å²) in [6.07, 6.45) is 2.57. The van der Waals surface area contributed by atoms with Gasteiger partial charge in [0.1, 0.15) is 0 Å². The van der Waals surface area contributed by atoms with Crippen LogP contribution >= 0.6 is 11.3 Å². The third-order valence-electron chi connectivity index (χ3n) is 4.12. The fraction of sp³-hybridized carbons (Fsp3) is 0.733. The maximum Gasteiger partial charge on any atom is 0.0467 e. The van der Waals surface area contributed by atoms with E-state index in [0.717, 1.165) is 12.5 Å². The van der Waals surface area contributed by atoms with E-state index in [-0.39, 0.29) is 0 Å². The number of rotatable bonds is 4. The Hall–Kier alpha value is -0.380. The fourth-order valence-corrected chi connectivity index (χ4v) is 4.22. The molecule has 2 N–H and O–H groups in total. The van der Waals surface area contributed by atoms with Crippen molar-refractivity contribution < 1.29 is 0 Å². The lowest BCUT2D eigenvalue weighted by Gasteiger charge is -2.44. The van der Waals surface area contributed by atoms with E-state index in [1.807, 2.05) is 11.3 Å². The second-order valence-electron chi connectivity index (χ2n) is 5.96. The van der Waals surface area contributed by atoms with Gasteiger partial charge in [0.15, 0.2) is 0 Å². The van der Waals surface area contributed by atoms with Crippen molar-refractivity contribution in [2.75, 3.05) is 13.1 Å². The maximum atomic E-state index is 6.01. The second kappa shape index (κ2) is 6.18. The Bertz CT molecular complexity index is 347. The molecule has 1 aliphatic rings. The van der Waals surface area contributed by atoms with Crippen LogP contribution in [0, 0.1) is 11.8 Å². The van der Waals surface area contributed by atoms with Gasteiger partial charge in [-0.05, 0) is 42.7 Å². The van der Waals surface area contributed by atoms with Gasteiger partial charge in [0.25, 0.3) is 0 Å². The first kappa shape index (κ1) is 14.0. The minimum atomic E-state index is 0.547. The first-order valence-corrected chi connectivity index (χ1v) is 8.00. The highest BCUT2D eigenvalue weighted by atomic mass is 32.1. The molecule has 0 saturated carbocycles. The molecule has 0 bridgehead atoms. The van der Waals surface area contributed by atoms with E-state index in [1.165, 1.54) is 24.3 Å². The Morgan fingerprint density at radius 3 is 2.83 bits per heavy atom. The van der Waals surface area contributed by atoms with Crippen LogP contribution < -0.4 is 5.73 Å². The molecule has 3 unspecified atom stereocenters. The maximum absolute atomic E-state index is 6.01. The molecule has 1 fully saturated rings. The van der Waals surface area contributed by atoms with Crippen molar-refractivity contribution in [3.8, 4) is 0 Å². The van der Waals surface area contributed by atoms with Crippen LogP contribution in [0.1, 0.15) is 44.5 Å². The molecule has 0 amide bonds. The molecule has 0 spiro atoms. The summed E-state index contributed by atoms with van der Waals surface area (Å²) >= 11 is 1.88. The summed E-state index contributed by atoms with van der Waals surface area (Å²) in [6.45, 7) is 9.00. The summed E-state index contributed by atoms with van der Waals surface area (Å²) in [4.78, 5) is 4.16. The first-order valence-electron chi connectivity index (χ1n) is 7.12. The zero-order valence-corrected chi connectivity index (χ0v) is 12.6. The molecule has 2 nitrogen and oxygen atoms in total. The third kappa shape index (κ3) is 2.95. The van der Waals surface area contributed by atoms with Gasteiger partial charge in [-0.1, -0.05) is 26.8 Å². The van der Waals surface area contributed by atoms with Crippen LogP contribution in [0.5, 0.6) is 0 Å². The fourth-order valence-electron chi connectivity index (χ4n) is 3.20. The molecular formula is C15H26N2S. The molecule has 3 atom stereocenters. The Morgan fingerprint density at radius 1 is 1.50 bits per heavy atom. The molecule has 1 aromatic heterocycles. The van der Waals surface area contributed by atoms with E-state index in [0.29, 0.717) is 18.0 Å². The SMILES string of the molecule is CC1CCN(C(c2cccs2)C(C)C)C(CN)C1. The molecule has 1 aromatic rings. The normalized spacial score (nSPS) is 27.6. The van der Waals surface area contributed by atoms with Crippen molar-refractivity contribution in [2.45, 2.75) is 45.7 Å². The molecule has 18 heavy (non-hydrogen) atoms. The average Bonchev–Trinajstić information content (AvgIpc) is 2.84. The van der Waals surface area contributed by atoms with E-state index in [9.17, 15) is 0 Å². The lowest BCUT2D eigenvalue weighted by molar-refractivity contribution is 0.0551. The van der Waals surface area contributed by atoms with Crippen molar-refractivity contribution in [3.05, 3.63) is 22.4 Å². The largest absolute Gasteiger partial charge is 0.329 e. The van der Waals surface area contributed by atoms with Crippen LogP contribution in [0.2, 0.25) is 0 Å². The highest BCUT2D eigenvalue weighted by Crippen LogP contribution is 2.37. The van der Waals surface area contributed by atoms with Gasteiger partial charge < -0.3 is 5.73 Å². The van der Waals surface area contributed by atoms with Crippen LogP contribution in [0.4, 0.5) is 0 Å². The lowest BCUT2D eigenvalue weighted by atomic mass is 9.88. The standard InChI is InChI=1S/C15H26N2S/c1-11(2)15(14-5-4-8-18-14)17-7-6-12(3)9-13(17)10-16/h4-5,8,11-13,15H,6-7,9-10,16H2,1-3H3. The summed E-state index contributed by atoms with van der Waals surface area (Å²) in [5, 5.41) is 2.19. The van der Waals surface area contributed by atoms with E-state index >= 15 is 0 Å². The van der Waals surface area contributed by atoms with Crippen molar-refractivity contribution in [1.82, 2.24) is 4.90 Å². The Kier molecular flexibility index (Phi) is 4.82. The van der Waals surface area contributed by atoms with Crippen LogP contribution in [-0.4, -0.2) is 24.0 Å². The first-order chi connectivity index (χ1) is 8.63. The smallest absolute Gasteiger partial charge is 0.0467 e. The van der Waals surface area contributed by atoms with Crippen LogP contribution in [-0.2, 0) is 0 Å². The molecule has 2 heterocycles. The lowest BCUT2D eigenvalue weighted by Crippen LogP contribution is -2.48. The second-order valence-corrected chi connectivity index (χ2v) is 6.94. The number of piperidine rings is 1. The summed E-state index contributed by atoms with van der Waals surface area (Å²) in [5.41, 5.74) is 6.01. The quantitative estimate of drug-likeness (QED) is 0.903. The van der Waals surface area contributed by atoms with E-state index < -0.39 is 0 Å². The predicted octanol–water partition coefficient (Wildman–Crippen LogP) is 3.50. The zero-order valence-electron chi connectivity index (χ0n) is 11.8. The van der Waals surface area contributed by atoms with Gasteiger partial charge in [0.2, 0.25) is 0 Å². The van der Waals surface area contributed by atoms with Gasteiger partial charge in [0, 0.05) is 23.5 Å². The molecule has 0 aromatic carbocycles. The number of hydrogen-bond donors (Lipinski definition) is 1. The van der Waals surface area contributed by atoms with Gasteiger partial charge in [-0.25, -0.2) is 0 Å². The Morgan fingerprint density at radius 2 is 2.28 bits per heavy atom. The minimum absolute atomic E-state index is 0.547. The van der Waals surface area contributed by atoms with E-state index in [2.05, 4.69) is 43.2 Å². The average molecular weight is 266 g/mol. The number of hydrogen-bond acceptors (Lipinski definition) is 3. The molecule has 0 aliphatic carbocycles. The molecule has 2 rings (SSSR count). The number of likely N-dealkylation sites (tertiary alicyclic amines) is 1. The molecule has 1 aliphatic heterocycles. The summed E-state index contributed by atoms with van der Waals surface area (Å²) < 4.78 is 0. The van der Waals surface area contributed by atoms with Gasteiger partial charge in [0.05, 0.1) is 0 Å². The topological polar surface area (TPSA) is 29.3 Å². The van der Waals surface area contributed by atoms with Crippen molar-refractivity contribution >= 4 is 11.3 Å². The predicted molar refractivity (Wildman–Crippen MR) is 79.8 cm³/mol. The van der Waals surface area contributed by atoms with Gasteiger partial charge >= 0.3 is 0 Å². The minimum Gasteiger partial charge on any atom is -0.329 e. The van der Waals surface area contributed by atoms with E-state index in [4.69, 9.17) is 5.73 Å². The highest BCUT2D eigenvalue weighted by molar-refractivity contribution is 7.10. The van der Waals surface area contributed by atoms with Crippen LogP contribution in [0.15, 0.2) is 17.5 Å². The van der Waals surface area contributed by atoms with E-state index in [1.54, 1.807) is 0 Å². The Labute approximate surface area is 115 Å². The highest BCUT2D eigenvalue weighted by Gasteiger charge is 2.33. The summed E-state index contributed by atoms with van der Waals surface area (Å²) in [7, 11) is 0. The van der Waals surface area contributed by atoms with Gasteiger partial charge in [-0.2, -0.15) is 0 Å². The third-order valence-corrected chi connectivity index (χ3v) is 5.06. The molecule has 102 valence electrons. The number of nitrogens with two attached hydrogens (primary N) is 1. The molecular weight excluding hydrogens is 240 g/mol. The van der Waals surface area contributed by atoms with Crippen molar-refractivity contribution in [3.63, 3.8) is 0 Å². The Balaban J connectivity index is 2.20. The van der Waals surface area contributed by atoms with Gasteiger partial charge in [-0.15, -0.1) is 11.3 Å². The molecule has 3 heteroatoms. The van der Waals surface area contributed by atoms with Gasteiger partial charge in [-0.3, -0.25) is 4.90 Å². The van der Waals surface area contributed by atoms with Crippen molar-refractivity contribution in [1.29, 1.82) is 0 Å². The zero-order chi connectivity index (χ0) is 13.1. The monoisotopic (exact) mass is 266 g/mol. The molecule has 0 radical (unpaired) electrons. The van der Waals surface area contributed by atoms with Crippen LogP contribution in [0.3, 0.4) is 0 Å². The van der Waals surface area contributed by atoms with Crippen molar-refractivity contribution in [2.24, 2.45) is 17.6 Å². The number of nitrogens with zero attached hydrogens (tertiary/aromatic N) is 1. The number of thiophene rings is 1. The summed E-state index contributed by atoms with van der Waals surface area (Å²) in [5.74, 6) is 1.47. The summed E-state index contributed by atoms with van der Waals surface area (Å²) in [6, 6.07) is 5.55. The molecule has 1 saturated heterocycles. The van der Waals surface area contributed by atoms with Crippen LogP contribution in [0.25, 0.3) is 0 Å².